The average Bonchev–Trinajstić information content (AvgIpc) is 2.87. The number of aromatic nitrogens is 3. The molecule has 3 heterocycles. The van der Waals surface area contributed by atoms with Crippen LogP contribution in [0.2, 0.25) is 0 Å². The number of hydrogen-bond acceptors (Lipinski definition) is 4. The molecule has 0 spiro atoms. The Bertz CT molecular complexity index is 661. The fraction of sp³-hybridized carbons (Fsp3) is 0.526. The van der Waals surface area contributed by atoms with Gasteiger partial charge in [-0.15, -0.1) is 0 Å². The molecule has 1 fully saturated rings. The predicted octanol–water partition coefficient (Wildman–Crippen LogP) is 2.15. The van der Waals surface area contributed by atoms with Gasteiger partial charge in [0.15, 0.2) is 0 Å². The van der Waals surface area contributed by atoms with Gasteiger partial charge in [-0.2, -0.15) is 5.10 Å². The van der Waals surface area contributed by atoms with E-state index >= 15 is 0 Å². The molecule has 0 bridgehead atoms. The summed E-state index contributed by atoms with van der Waals surface area (Å²) < 4.78 is 1.85. The monoisotopic (exact) mass is 341 g/mol. The van der Waals surface area contributed by atoms with Crippen LogP contribution in [0.4, 0.5) is 0 Å². The van der Waals surface area contributed by atoms with Crippen molar-refractivity contribution < 1.29 is 4.79 Å². The summed E-state index contributed by atoms with van der Waals surface area (Å²) in [6.07, 6.45) is 9.22. The van der Waals surface area contributed by atoms with E-state index in [2.05, 4.69) is 15.4 Å². The summed E-state index contributed by atoms with van der Waals surface area (Å²) in [5.41, 5.74) is 2.07. The molecule has 0 aliphatic carbocycles. The topological polar surface area (TPSA) is 63.1 Å². The van der Waals surface area contributed by atoms with Crippen LogP contribution in [0.15, 0.2) is 36.8 Å². The third-order valence-corrected chi connectivity index (χ3v) is 4.68. The first-order valence-electron chi connectivity index (χ1n) is 9.11. The highest BCUT2D eigenvalue weighted by Crippen LogP contribution is 2.18. The average molecular weight is 341 g/mol. The maximum Gasteiger partial charge on any atom is 0.225 e. The second-order valence-electron chi connectivity index (χ2n) is 6.71. The van der Waals surface area contributed by atoms with E-state index in [1.54, 1.807) is 6.20 Å². The summed E-state index contributed by atoms with van der Waals surface area (Å²) in [4.78, 5) is 19.4. The first-order chi connectivity index (χ1) is 12.2. The number of hydrogen-bond donors (Lipinski definition) is 1. The summed E-state index contributed by atoms with van der Waals surface area (Å²) in [6.45, 7) is 5.22. The van der Waals surface area contributed by atoms with Crippen molar-refractivity contribution in [2.45, 2.75) is 51.7 Å². The fourth-order valence-electron chi connectivity index (χ4n) is 3.34. The normalized spacial score (nSPS) is 17.9. The zero-order valence-electron chi connectivity index (χ0n) is 14.9. The molecule has 6 nitrogen and oxygen atoms in total. The predicted molar refractivity (Wildman–Crippen MR) is 96.9 cm³/mol. The smallest absolute Gasteiger partial charge is 0.225 e. The quantitative estimate of drug-likeness (QED) is 0.874. The number of amides is 1. The van der Waals surface area contributed by atoms with Crippen LogP contribution in [0, 0.1) is 6.92 Å². The number of nitrogens with one attached hydrogen (secondary N) is 1. The van der Waals surface area contributed by atoms with Gasteiger partial charge in [0.2, 0.25) is 5.91 Å². The molecule has 1 saturated heterocycles. The van der Waals surface area contributed by atoms with Gasteiger partial charge in [0.1, 0.15) is 0 Å². The van der Waals surface area contributed by atoms with Crippen molar-refractivity contribution in [3.63, 3.8) is 0 Å². The number of carbonyl (C=O) groups excluding carboxylic acids is 1. The molecule has 1 unspecified atom stereocenters. The van der Waals surface area contributed by atoms with Crippen LogP contribution >= 0.6 is 0 Å². The molecule has 1 amide bonds. The highest BCUT2D eigenvalue weighted by atomic mass is 16.2. The Hall–Kier alpha value is -2.21. The Balaban J connectivity index is 1.68. The van der Waals surface area contributed by atoms with Crippen molar-refractivity contribution in [1.82, 2.24) is 25.0 Å². The standard InChI is InChI=1S/C19H27N5O/c1-16-13-22-23(14-16)12-8-19(25)24(15-17-5-2-3-10-21-17)18-6-4-9-20-11-7-18/h2-3,5,10,13-14,18,20H,4,6-9,11-12,15H2,1H3. The maximum absolute atomic E-state index is 13.0. The Labute approximate surface area is 149 Å². The van der Waals surface area contributed by atoms with Gasteiger partial charge in [-0.25, -0.2) is 0 Å². The molecule has 2 aromatic heterocycles. The molecular formula is C19H27N5O. The highest BCUT2D eigenvalue weighted by molar-refractivity contribution is 5.76. The third kappa shape index (κ3) is 5.13. The molecule has 1 N–H and O–H groups in total. The minimum Gasteiger partial charge on any atom is -0.334 e. The van der Waals surface area contributed by atoms with Crippen molar-refractivity contribution in [3.05, 3.63) is 48.0 Å². The lowest BCUT2D eigenvalue weighted by atomic mass is 10.1. The lowest BCUT2D eigenvalue weighted by Gasteiger charge is -2.31. The molecule has 2 aromatic rings. The molecular weight excluding hydrogens is 314 g/mol. The number of nitrogens with zero attached hydrogens (tertiary/aromatic N) is 4. The number of rotatable bonds is 6. The van der Waals surface area contributed by atoms with E-state index in [0.29, 0.717) is 19.5 Å². The summed E-state index contributed by atoms with van der Waals surface area (Å²) >= 11 is 0. The molecule has 0 saturated carbocycles. The van der Waals surface area contributed by atoms with Crippen LogP contribution in [0.5, 0.6) is 0 Å². The van der Waals surface area contributed by atoms with E-state index in [9.17, 15) is 4.79 Å². The molecule has 134 valence electrons. The van der Waals surface area contributed by atoms with E-state index in [-0.39, 0.29) is 11.9 Å². The Morgan fingerprint density at radius 3 is 3.04 bits per heavy atom. The van der Waals surface area contributed by atoms with Crippen molar-refractivity contribution in [3.8, 4) is 0 Å². The largest absolute Gasteiger partial charge is 0.334 e. The van der Waals surface area contributed by atoms with Crippen LogP contribution in [0.25, 0.3) is 0 Å². The first kappa shape index (κ1) is 17.6. The van der Waals surface area contributed by atoms with Crippen LogP contribution in [-0.2, 0) is 17.9 Å². The highest BCUT2D eigenvalue weighted by Gasteiger charge is 2.25. The van der Waals surface area contributed by atoms with Gasteiger partial charge in [-0.1, -0.05) is 6.07 Å². The fourth-order valence-corrected chi connectivity index (χ4v) is 3.34. The van der Waals surface area contributed by atoms with Crippen molar-refractivity contribution in [2.75, 3.05) is 13.1 Å². The summed E-state index contributed by atoms with van der Waals surface area (Å²) in [5, 5.41) is 7.71. The van der Waals surface area contributed by atoms with Gasteiger partial charge < -0.3 is 10.2 Å². The number of aryl methyl sites for hydroxylation is 2. The van der Waals surface area contributed by atoms with Gasteiger partial charge in [-0.05, 0) is 57.0 Å². The van der Waals surface area contributed by atoms with E-state index in [0.717, 1.165) is 43.6 Å². The minimum absolute atomic E-state index is 0.186. The van der Waals surface area contributed by atoms with Crippen molar-refractivity contribution >= 4 is 5.91 Å². The first-order valence-corrected chi connectivity index (χ1v) is 9.11. The van der Waals surface area contributed by atoms with Crippen LogP contribution in [-0.4, -0.2) is 44.7 Å². The molecule has 25 heavy (non-hydrogen) atoms. The number of carbonyl (C=O) groups is 1. The lowest BCUT2D eigenvalue weighted by Crippen LogP contribution is -2.41. The maximum atomic E-state index is 13.0. The minimum atomic E-state index is 0.186. The Kier molecular flexibility index (Phi) is 6.17. The van der Waals surface area contributed by atoms with Crippen molar-refractivity contribution in [1.29, 1.82) is 0 Å². The van der Waals surface area contributed by atoms with Gasteiger partial charge in [0.05, 0.1) is 18.4 Å². The van der Waals surface area contributed by atoms with Crippen LogP contribution < -0.4 is 5.32 Å². The van der Waals surface area contributed by atoms with Crippen LogP contribution in [0.3, 0.4) is 0 Å². The van der Waals surface area contributed by atoms with Crippen LogP contribution in [0.1, 0.15) is 36.9 Å². The summed E-state index contributed by atoms with van der Waals surface area (Å²) in [7, 11) is 0. The molecule has 1 aliphatic heterocycles. The molecule has 6 heteroatoms. The van der Waals surface area contributed by atoms with Crippen molar-refractivity contribution in [2.24, 2.45) is 0 Å². The molecule has 0 aromatic carbocycles. The van der Waals surface area contributed by atoms with Gasteiger partial charge in [-0.3, -0.25) is 14.5 Å². The van der Waals surface area contributed by atoms with E-state index < -0.39 is 0 Å². The molecule has 1 aliphatic rings. The lowest BCUT2D eigenvalue weighted by molar-refractivity contribution is -0.134. The Morgan fingerprint density at radius 2 is 2.28 bits per heavy atom. The molecule has 1 atom stereocenters. The molecule has 0 radical (unpaired) electrons. The SMILES string of the molecule is Cc1cnn(CCC(=O)N(Cc2ccccn2)C2CCCNCC2)c1. The molecule has 3 rings (SSSR count). The summed E-state index contributed by atoms with van der Waals surface area (Å²) in [5.74, 6) is 0.186. The zero-order valence-corrected chi connectivity index (χ0v) is 14.9. The van der Waals surface area contributed by atoms with Gasteiger partial charge in [0.25, 0.3) is 0 Å². The Morgan fingerprint density at radius 1 is 1.36 bits per heavy atom. The van der Waals surface area contributed by atoms with E-state index in [4.69, 9.17) is 0 Å². The zero-order chi connectivity index (χ0) is 17.5. The second kappa shape index (κ2) is 8.76. The summed E-state index contributed by atoms with van der Waals surface area (Å²) in [6, 6.07) is 6.16. The van der Waals surface area contributed by atoms with E-state index in [1.165, 1.54) is 0 Å². The number of pyridine rings is 1. The van der Waals surface area contributed by atoms with E-state index in [1.807, 2.05) is 47.1 Å². The third-order valence-electron chi connectivity index (χ3n) is 4.68. The van der Waals surface area contributed by atoms with Gasteiger partial charge >= 0.3 is 0 Å². The second-order valence-corrected chi connectivity index (χ2v) is 6.71. The van der Waals surface area contributed by atoms with Gasteiger partial charge in [0, 0.05) is 31.4 Å².